The topological polar surface area (TPSA) is 59.4 Å². The van der Waals surface area contributed by atoms with Crippen LogP contribution in [0.5, 0.6) is 5.75 Å². The van der Waals surface area contributed by atoms with E-state index >= 15 is 0 Å². The van der Waals surface area contributed by atoms with Crippen LogP contribution in [0.1, 0.15) is 5.76 Å². The zero-order valence-corrected chi connectivity index (χ0v) is 7.51. The van der Waals surface area contributed by atoms with Gasteiger partial charge in [-0.3, -0.25) is 0 Å². The molecule has 3 N–H and O–H groups in total. The molecule has 0 unspecified atom stereocenters. The van der Waals surface area contributed by atoms with Gasteiger partial charge in [-0.05, 0) is 12.1 Å². The van der Waals surface area contributed by atoms with Gasteiger partial charge in [-0.25, -0.2) is 0 Å². The van der Waals surface area contributed by atoms with Crippen LogP contribution in [-0.4, -0.2) is 5.11 Å². The summed E-state index contributed by atoms with van der Waals surface area (Å²) in [6, 6.07) is 5.19. The van der Waals surface area contributed by atoms with Gasteiger partial charge in [0.25, 0.3) is 0 Å². The monoisotopic (exact) mass is 197 g/mol. The molecule has 2 rings (SSSR count). The van der Waals surface area contributed by atoms with Gasteiger partial charge in [-0.15, -0.1) is 0 Å². The average molecular weight is 198 g/mol. The van der Waals surface area contributed by atoms with Crippen molar-refractivity contribution in [2.24, 2.45) is 5.73 Å². The fourth-order valence-electron chi connectivity index (χ4n) is 1.26. The van der Waals surface area contributed by atoms with Gasteiger partial charge in [-0.1, -0.05) is 17.7 Å². The Morgan fingerprint density at radius 3 is 2.85 bits per heavy atom. The molecule has 0 spiro atoms. The average Bonchev–Trinajstić information content (AvgIpc) is 2.45. The van der Waals surface area contributed by atoms with Crippen LogP contribution in [0.25, 0.3) is 11.0 Å². The summed E-state index contributed by atoms with van der Waals surface area (Å²) in [7, 11) is 0. The Bertz CT molecular complexity index is 450. The highest BCUT2D eigenvalue weighted by Gasteiger charge is 2.13. The first kappa shape index (κ1) is 8.41. The molecular formula is C9H8ClNO2. The molecule has 0 fully saturated rings. The minimum Gasteiger partial charge on any atom is -0.504 e. The quantitative estimate of drug-likeness (QED) is 0.737. The van der Waals surface area contributed by atoms with Crippen molar-refractivity contribution in [1.82, 2.24) is 0 Å². The summed E-state index contributed by atoms with van der Waals surface area (Å²) in [4.78, 5) is 0. The van der Waals surface area contributed by atoms with E-state index in [1.54, 1.807) is 18.2 Å². The fraction of sp³-hybridized carbons (Fsp3) is 0.111. The zero-order chi connectivity index (χ0) is 9.42. The minimum atomic E-state index is 0.0833. The minimum absolute atomic E-state index is 0.0833. The van der Waals surface area contributed by atoms with Gasteiger partial charge < -0.3 is 15.3 Å². The van der Waals surface area contributed by atoms with Crippen LogP contribution in [0, 0.1) is 0 Å². The molecule has 0 aliphatic rings. The van der Waals surface area contributed by atoms with Crippen LogP contribution in [0.2, 0.25) is 5.02 Å². The van der Waals surface area contributed by atoms with E-state index in [1.807, 2.05) is 0 Å². The second-order valence-electron chi connectivity index (χ2n) is 2.69. The number of rotatable bonds is 1. The first-order valence-electron chi connectivity index (χ1n) is 3.83. The van der Waals surface area contributed by atoms with E-state index in [0.717, 1.165) is 0 Å². The summed E-state index contributed by atoms with van der Waals surface area (Å²) in [5.74, 6) is 0.447. The highest BCUT2D eigenvalue weighted by molar-refractivity contribution is 6.35. The SMILES string of the molecule is NCc1oc2c(Cl)cccc2c1O. The number of hydrogen-bond acceptors (Lipinski definition) is 3. The van der Waals surface area contributed by atoms with Crippen LogP contribution < -0.4 is 5.73 Å². The molecule has 0 aliphatic carbocycles. The Balaban J connectivity index is 2.83. The van der Waals surface area contributed by atoms with E-state index < -0.39 is 0 Å². The largest absolute Gasteiger partial charge is 0.504 e. The van der Waals surface area contributed by atoms with Crippen molar-refractivity contribution in [2.75, 3.05) is 0 Å². The third kappa shape index (κ3) is 1.17. The molecule has 0 bridgehead atoms. The van der Waals surface area contributed by atoms with Crippen LogP contribution in [0.3, 0.4) is 0 Å². The van der Waals surface area contributed by atoms with Gasteiger partial charge in [-0.2, -0.15) is 0 Å². The van der Waals surface area contributed by atoms with E-state index in [1.165, 1.54) is 0 Å². The molecule has 0 saturated heterocycles. The number of halogens is 1. The van der Waals surface area contributed by atoms with Crippen LogP contribution in [-0.2, 0) is 6.54 Å². The van der Waals surface area contributed by atoms with Crippen molar-refractivity contribution in [3.8, 4) is 5.75 Å². The molecule has 0 atom stereocenters. The Hall–Kier alpha value is -1.19. The molecule has 2 aromatic rings. The number of furan rings is 1. The molecule has 3 nitrogen and oxygen atoms in total. The maximum Gasteiger partial charge on any atom is 0.166 e. The predicted octanol–water partition coefficient (Wildman–Crippen LogP) is 2.25. The molecule has 1 aromatic carbocycles. The Morgan fingerprint density at radius 2 is 2.23 bits per heavy atom. The zero-order valence-electron chi connectivity index (χ0n) is 6.75. The summed E-state index contributed by atoms with van der Waals surface area (Å²) in [5.41, 5.74) is 5.86. The van der Waals surface area contributed by atoms with E-state index in [9.17, 15) is 5.11 Å². The van der Waals surface area contributed by atoms with Crippen LogP contribution in [0.15, 0.2) is 22.6 Å². The number of aromatic hydroxyl groups is 1. The lowest BCUT2D eigenvalue weighted by Crippen LogP contribution is -1.93. The molecule has 0 saturated carbocycles. The van der Waals surface area contributed by atoms with E-state index in [0.29, 0.717) is 21.8 Å². The number of nitrogens with two attached hydrogens (primary N) is 1. The van der Waals surface area contributed by atoms with Gasteiger partial charge in [0.05, 0.1) is 17.0 Å². The maximum absolute atomic E-state index is 9.58. The van der Waals surface area contributed by atoms with E-state index in [4.69, 9.17) is 21.8 Å². The molecule has 4 heteroatoms. The van der Waals surface area contributed by atoms with Gasteiger partial charge in [0.2, 0.25) is 0 Å². The third-order valence-corrected chi connectivity index (χ3v) is 2.19. The molecule has 1 heterocycles. The van der Waals surface area contributed by atoms with Crippen molar-refractivity contribution in [1.29, 1.82) is 0 Å². The summed E-state index contributed by atoms with van der Waals surface area (Å²) in [6.45, 7) is 0.164. The highest BCUT2D eigenvalue weighted by atomic mass is 35.5. The third-order valence-electron chi connectivity index (χ3n) is 1.90. The van der Waals surface area contributed by atoms with Crippen molar-refractivity contribution in [3.63, 3.8) is 0 Å². The predicted molar refractivity (Wildman–Crippen MR) is 50.8 cm³/mol. The van der Waals surface area contributed by atoms with Crippen molar-refractivity contribution < 1.29 is 9.52 Å². The lowest BCUT2D eigenvalue weighted by Gasteiger charge is -1.89. The van der Waals surface area contributed by atoms with Crippen molar-refractivity contribution >= 4 is 22.6 Å². The normalized spacial score (nSPS) is 10.9. The summed E-state index contributed by atoms with van der Waals surface area (Å²) < 4.78 is 5.27. The molecule has 0 radical (unpaired) electrons. The summed E-state index contributed by atoms with van der Waals surface area (Å²) in [5, 5.41) is 10.7. The van der Waals surface area contributed by atoms with Crippen LogP contribution >= 0.6 is 11.6 Å². The standard InChI is InChI=1S/C9H8ClNO2/c10-6-3-1-2-5-8(12)7(4-11)13-9(5)6/h1-3,12H,4,11H2. The summed E-state index contributed by atoms with van der Waals surface area (Å²) >= 11 is 5.85. The number of fused-ring (bicyclic) bond motifs is 1. The second-order valence-corrected chi connectivity index (χ2v) is 3.10. The van der Waals surface area contributed by atoms with E-state index in [2.05, 4.69) is 0 Å². The Kier molecular flexibility index (Phi) is 1.90. The lowest BCUT2D eigenvalue weighted by atomic mass is 10.2. The molecule has 0 aliphatic heterocycles. The second kappa shape index (κ2) is 2.94. The first-order chi connectivity index (χ1) is 6.24. The lowest BCUT2D eigenvalue weighted by molar-refractivity contribution is 0.442. The smallest absolute Gasteiger partial charge is 0.166 e. The van der Waals surface area contributed by atoms with Crippen LogP contribution in [0.4, 0.5) is 0 Å². The van der Waals surface area contributed by atoms with E-state index in [-0.39, 0.29) is 12.3 Å². The Labute approximate surface area is 79.7 Å². The maximum atomic E-state index is 9.58. The van der Waals surface area contributed by atoms with Gasteiger partial charge in [0, 0.05) is 0 Å². The van der Waals surface area contributed by atoms with Gasteiger partial charge >= 0.3 is 0 Å². The molecule has 13 heavy (non-hydrogen) atoms. The number of hydrogen-bond donors (Lipinski definition) is 2. The molecule has 0 amide bonds. The number of para-hydroxylation sites is 1. The van der Waals surface area contributed by atoms with Crippen molar-refractivity contribution in [3.05, 3.63) is 29.0 Å². The highest BCUT2D eigenvalue weighted by Crippen LogP contribution is 2.35. The molecule has 68 valence electrons. The van der Waals surface area contributed by atoms with Gasteiger partial charge in [0.15, 0.2) is 17.1 Å². The fourth-order valence-corrected chi connectivity index (χ4v) is 1.47. The molecular weight excluding hydrogens is 190 g/mol. The van der Waals surface area contributed by atoms with Crippen molar-refractivity contribution in [2.45, 2.75) is 6.54 Å². The Morgan fingerprint density at radius 1 is 1.46 bits per heavy atom. The molecule has 1 aromatic heterocycles. The summed E-state index contributed by atoms with van der Waals surface area (Å²) in [6.07, 6.45) is 0. The number of benzene rings is 1. The van der Waals surface area contributed by atoms with Gasteiger partial charge in [0.1, 0.15) is 0 Å². The first-order valence-corrected chi connectivity index (χ1v) is 4.20.